The van der Waals surface area contributed by atoms with E-state index in [9.17, 15) is 27.2 Å². The first-order chi connectivity index (χ1) is 14.6. The van der Waals surface area contributed by atoms with Crippen molar-refractivity contribution in [1.82, 2.24) is 15.3 Å². The third-order valence-electron chi connectivity index (χ3n) is 5.04. The number of aromatic amines is 1. The molecule has 1 unspecified atom stereocenters. The Balaban J connectivity index is 1.49. The molecule has 0 saturated carbocycles. The van der Waals surface area contributed by atoms with Gasteiger partial charge in [0.2, 0.25) is 11.8 Å². The number of carbonyl (C=O) groups excluding carboxylic acids is 2. The topological polar surface area (TPSA) is 78.1 Å². The van der Waals surface area contributed by atoms with E-state index in [1.54, 1.807) is 0 Å². The molecule has 1 saturated heterocycles. The molecule has 1 aliphatic heterocycles. The minimum Gasteiger partial charge on any atom is -0.351 e. The zero-order valence-corrected chi connectivity index (χ0v) is 16.5. The maximum absolute atomic E-state index is 13.4. The number of nitrogens with one attached hydrogen (secondary N) is 2. The number of carbonyl (C=O) groups is 2. The van der Waals surface area contributed by atoms with Crippen LogP contribution in [-0.4, -0.2) is 28.3 Å². The van der Waals surface area contributed by atoms with Crippen LogP contribution < -0.4 is 10.2 Å². The molecule has 2 aromatic heterocycles. The molecule has 0 radical (unpaired) electrons. The van der Waals surface area contributed by atoms with E-state index in [2.05, 4.69) is 15.3 Å². The summed E-state index contributed by atoms with van der Waals surface area (Å²) in [7, 11) is 0. The van der Waals surface area contributed by atoms with E-state index in [0.29, 0.717) is 5.56 Å². The van der Waals surface area contributed by atoms with E-state index in [1.807, 2.05) is 0 Å². The number of amides is 2. The molecule has 1 aliphatic rings. The highest BCUT2D eigenvalue weighted by atomic mass is 35.5. The third-order valence-corrected chi connectivity index (χ3v) is 5.26. The minimum atomic E-state index is -4.57. The van der Waals surface area contributed by atoms with Crippen molar-refractivity contribution in [2.75, 3.05) is 11.4 Å². The second-order valence-electron chi connectivity index (χ2n) is 7.12. The fourth-order valence-corrected chi connectivity index (χ4v) is 3.82. The summed E-state index contributed by atoms with van der Waals surface area (Å²) in [6.07, 6.45) is -2.28. The number of anilines is 1. The molecule has 11 heteroatoms. The van der Waals surface area contributed by atoms with Crippen LogP contribution in [0.25, 0.3) is 11.0 Å². The molecule has 0 aliphatic carbocycles. The summed E-state index contributed by atoms with van der Waals surface area (Å²) in [5.74, 6) is -2.65. The molecule has 0 bridgehead atoms. The standard InChI is InChI=1S/C20H15ClF4N4O2/c21-11-3-10(4-12(22)5-11)7-28-18(30)14-1-2-29(19(14)31)13-6-15-16(20(23,24)25)9-27-17(15)26-8-13/h3-6,8-9,14H,1-2,7H2,(H,26,27)(H,28,30). The summed E-state index contributed by atoms with van der Waals surface area (Å²) in [5.41, 5.74) is -0.227. The van der Waals surface area contributed by atoms with Gasteiger partial charge in [0, 0.05) is 29.7 Å². The van der Waals surface area contributed by atoms with Gasteiger partial charge in [-0.2, -0.15) is 13.2 Å². The Hall–Kier alpha value is -3.14. The number of hydrogen-bond acceptors (Lipinski definition) is 3. The van der Waals surface area contributed by atoms with E-state index in [4.69, 9.17) is 11.6 Å². The normalized spacial score (nSPS) is 16.9. The van der Waals surface area contributed by atoms with Crippen molar-refractivity contribution in [3.8, 4) is 0 Å². The van der Waals surface area contributed by atoms with Crippen molar-refractivity contribution in [3.05, 3.63) is 58.6 Å². The van der Waals surface area contributed by atoms with Gasteiger partial charge in [-0.05, 0) is 36.2 Å². The van der Waals surface area contributed by atoms with Gasteiger partial charge in [0.15, 0.2) is 0 Å². The van der Waals surface area contributed by atoms with Crippen LogP contribution in [0.4, 0.5) is 23.2 Å². The van der Waals surface area contributed by atoms with Crippen molar-refractivity contribution in [3.63, 3.8) is 0 Å². The van der Waals surface area contributed by atoms with Gasteiger partial charge in [0.1, 0.15) is 17.4 Å². The molecule has 162 valence electrons. The Labute approximate surface area is 178 Å². The van der Waals surface area contributed by atoms with Crippen LogP contribution in [0.2, 0.25) is 5.02 Å². The van der Waals surface area contributed by atoms with Crippen LogP contribution in [0.1, 0.15) is 17.5 Å². The summed E-state index contributed by atoms with van der Waals surface area (Å²) in [5, 5.41) is 2.59. The molecule has 2 N–H and O–H groups in total. The number of H-pyrrole nitrogens is 1. The molecule has 4 rings (SSSR count). The fraction of sp³-hybridized carbons (Fsp3) is 0.250. The molecule has 1 atom stereocenters. The lowest BCUT2D eigenvalue weighted by atomic mass is 10.1. The van der Waals surface area contributed by atoms with E-state index in [-0.39, 0.29) is 41.3 Å². The Bertz CT molecular complexity index is 1160. The van der Waals surface area contributed by atoms with Crippen LogP contribution in [-0.2, 0) is 22.3 Å². The van der Waals surface area contributed by atoms with Gasteiger partial charge in [0.25, 0.3) is 0 Å². The lowest BCUT2D eigenvalue weighted by Crippen LogP contribution is -2.36. The van der Waals surface area contributed by atoms with Crippen LogP contribution in [0.3, 0.4) is 0 Å². The summed E-state index contributed by atoms with van der Waals surface area (Å²) in [4.78, 5) is 32.9. The predicted octanol–water partition coefficient (Wildman–Crippen LogP) is 4.04. The number of pyridine rings is 1. The number of alkyl halides is 3. The van der Waals surface area contributed by atoms with E-state index < -0.39 is 35.3 Å². The van der Waals surface area contributed by atoms with Crippen LogP contribution in [0, 0.1) is 11.7 Å². The van der Waals surface area contributed by atoms with Crippen LogP contribution in [0.15, 0.2) is 36.7 Å². The van der Waals surface area contributed by atoms with Gasteiger partial charge >= 0.3 is 6.18 Å². The molecule has 0 spiro atoms. The number of halogens is 5. The predicted molar refractivity (Wildman–Crippen MR) is 105 cm³/mol. The number of aromatic nitrogens is 2. The van der Waals surface area contributed by atoms with Gasteiger partial charge < -0.3 is 15.2 Å². The van der Waals surface area contributed by atoms with Crippen molar-refractivity contribution in [2.45, 2.75) is 19.1 Å². The number of hydrogen-bond donors (Lipinski definition) is 2. The molecule has 31 heavy (non-hydrogen) atoms. The summed E-state index contributed by atoms with van der Waals surface area (Å²) < 4.78 is 52.9. The maximum Gasteiger partial charge on any atom is 0.418 e. The lowest BCUT2D eigenvalue weighted by Gasteiger charge is -2.17. The highest BCUT2D eigenvalue weighted by Crippen LogP contribution is 2.36. The molecule has 3 aromatic rings. The van der Waals surface area contributed by atoms with Gasteiger partial charge in [-0.15, -0.1) is 0 Å². The highest BCUT2D eigenvalue weighted by molar-refractivity contribution is 6.30. The van der Waals surface area contributed by atoms with Crippen molar-refractivity contribution in [2.24, 2.45) is 5.92 Å². The zero-order chi connectivity index (χ0) is 22.3. The molecule has 3 heterocycles. The quantitative estimate of drug-likeness (QED) is 0.461. The Morgan fingerprint density at radius 1 is 1.29 bits per heavy atom. The zero-order valence-electron chi connectivity index (χ0n) is 15.8. The van der Waals surface area contributed by atoms with Gasteiger partial charge in [0.05, 0.1) is 17.4 Å². The fourth-order valence-electron chi connectivity index (χ4n) is 3.58. The Kier molecular flexibility index (Phi) is 5.34. The molecule has 1 aromatic carbocycles. The van der Waals surface area contributed by atoms with Crippen LogP contribution in [0.5, 0.6) is 0 Å². The smallest absolute Gasteiger partial charge is 0.351 e. The average Bonchev–Trinajstić information content (AvgIpc) is 3.28. The summed E-state index contributed by atoms with van der Waals surface area (Å²) >= 11 is 5.78. The first kappa shape index (κ1) is 21.1. The number of rotatable bonds is 4. The minimum absolute atomic E-state index is 0.0219. The second-order valence-corrected chi connectivity index (χ2v) is 7.55. The number of benzene rings is 1. The summed E-state index contributed by atoms with van der Waals surface area (Å²) in [6.45, 7) is 0.133. The van der Waals surface area contributed by atoms with Gasteiger partial charge in [-0.1, -0.05) is 11.6 Å². The maximum atomic E-state index is 13.4. The molecule has 2 amide bonds. The molecule has 6 nitrogen and oxygen atoms in total. The molecular weight excluding hydrogens is 440 g/mol. The van der Waals surface area contributed by atoms with Crippen molar-refractivity contribution < 1.29 is 27.2 Å². The SMILES string of the molecule is O=C(NCc1cc(F)cc(Cl)c1)C1CCN(c2cnc3[nH]cc(C(F)(F)F)c3c2)C1=O. The van der Waals surface area contributed by atoms with E-state index >= 15 is 0 Å². The lowest BCUT2D eigenvalue weighted by molar-refractivity contribution is -0.136. The molecular formula is C20H15ClF4N4O2. The summed E-state index contributed by atoms with van der Waals surface area (Å²) in [6, 6.07) is 5.06. The Morgan fingerprint density at radius 2 is 2.06 bits per heavy atom. The number of nitrogens with zero attached hydrogens (tertiary/aromatic N) is 2. The van der Waals surface area contributed by atoms with Gasteiger partial charge in [-0.25, -0.2) is 9.37 Å². The first-order valence-electron chi connectivity index (χ1n) is 9.22. The average molecular weight is 455 g/mol. The van der Waals surface area contributed by atoms with Crippen molar-refractivity contribution >= 4 is 40.1 Å². The van der Waals surface area contributed by atoms with Crippen LogP contribution >= 0.6 is 11.6 Å². The number of fused-ring (bicyclic) bond motifs is 1. The third kappa shape index (κ3) is 4.20. The van der Waals surface area contributed by atoms with Crippen molar-refractivity contribution in [1.29, 1.82) is 0 Å². The first-order valence-corrected chi connectivity index (χ1v) is 9.59. The Morgan fingerprint density at radius 3 is 2.77 bits per heavy atom. The monoisotopic (exact) mass is 454 g/mol. The largest absolute Gasteiger partial charge is 0.418 e. The van der Waals surface area contributed by atoms with E-state index in [1.165, 1.54) is 29.3 Å². The molecule has 1 fully saturated rings. The van der Waals surface area contributed by atoms with E-state index in [0.717, 1.165) is 12.3 Å². The van der Waals surface area contributed by atoms with Gasteiger partial charge in [-0.3, -0.25) is 9.59 Å². The highest BCUT2D eigenvalue weighted by Gasteiger charge is 2.38. The second kappa shape index (κ2) is 7.84.